The van der Waals surface area contributed by atoms with Crippen LogP contribution >= 0.6 is 0 Å². The Morgan fingerprint density at radius 1 is 1.19 bits per heavy atom. The number of nitrogens with one attached hydrogen (secondary N) is 1. The Morgan fingerprint density at radius 2 is 2.05 bits per heavy atom. The van der Waals surface area contributed by atoms with Crippen molar-refractivity contribution >= 4 is 23.2 Å². The molecule has 0 aliphatic carbocycles. The maximum absolute atomic E-state index is 11.9. The van der Waals surface area contributed by atoms with E-state index in [1.54, 1.807) is 23.2 Å². The number of para-hydroxylation sites is 2. The predicted molar refractivity (Wildman–Crippen MR) is 79.7 cm³/mol. The highest BCUT2D eigenvalue weighted by Crippen LogP contribution is 2.11. The second-order valence-corrected chi connectivity index (χ2v) is 4.41. The highest BCUT2D eigenvalue weighted by Gasteiger charge is 2.05. The van der Waals surface area contributed by atoms with E-state index in [1.807, 2.05) is 36.4 Å². The summed E-state index contributed by atoms with van der Waals surface area (Å²) in [5.41, 5.74) is 4.94. The summed E-state index contributed by atoms with van der Waals surface area (Å²) in [5, 5.41) is 3.88. The van der Waals surface area contributed by atoms with Crippen LogP contribution in [0.2, 0.25) is 0 Å². The van der Waals surface area contributed by atoms with Gasteiger partial charge in [-0.25, -0.2) is 10.4 Å². The molecule has 0 saturated heterocycles. The predicted octanol–water partition coefficient (Wildman–Crippen LogP) is 1.58. The van der Waals surface area contributed by atoms with Crippen LogP contribution in [0.15, 0.2) is 60.1 Å². The highest BCUT2D eigenvalue weighted by atomic mass is 16.2. The summed E-state index contributed by atoms with van der Waals surface area (Å²) in [7, 11) is 0. The Morgan fingerprint density at radius 3 is 2.90 bits per heavy atom. The molecule has 1 aromatic carbocycles. The monoisotopic (exact) mass is 279 g/mol. The van der Waals surface area contributed by atoms with Crippen molar-refractivity contribution in [2.24, 2.45) is 5.10 Å². The number of nitrogens with zero attached hydrogens (tertiary/aromatic N) is 4. The largest absolute Gasteiger partial charge is 0.321 e. The normalized spacial score (nSPS) is 11.0. The van der Waals surface area contributed by atoms with Gasteiger partial charge in [0.2, 0.25) is 0 Å². The molecule has 0 fully saturated rings. The fraction of sp³-hybridized carbons (Fsp3) is 0.0667. The first-order valence-corrected chi connectivity index (χ1v) is 6.46. The average Bonchev–Trinajstić information content (AvgIpc) is 2.92. The standard InChI is InChI=1S/C15H13N5O/c21-15(19-18-9-12-5-3-4-8-16-12)10-20-11-17-13-6-1-2-7-14(13)20/h1-9,11H,10H2,(H,19,21)/b18-9-. The third kappa shape index (κ3) is 3.11. The third-order valence-corrected chi connectivity index (χ3v) is 2.92. The summed E-state index contributed by atoms with van der Waals surface area (Å²) >= 11 is 0. The number of imidazole rings is 1. The summed E-state index contributed by atoms with van der Waals surface area (Å²) in [6, 6.07) is 13.1. The van der Waals surface area contributed by atoms with Crippen LogP contribution in [0.4, 0.5) is 0 Å². The van der Waals surface area contributed by atoms with Crippen molar-refractivity contribution in [2.75, 3.05) is 0 Å². The van der Waals surface area contributed by atoms with Crippen molar-refractivity contribution in [1.82, 2.24) is 20.0 Å². The number of hydrazone groups is 1. The molecular weight excluding hydrogens is 266 g/mol. The van der Waals surface area contributed by atoms with E-state index in [0.717, 1.165) is 11.0 Å². The number of fused-ring (bicyclic) bond motifs is 1. The molecule has 0 aliphatic heterocycles. The molecule has 6 nitrogen and oxygen atoms in total. The molecule has 0 spiro atoms. The van der Waals surface area contributed by atoms with E-state index in [1.165, 1.54) is 6.21 Å². The molecule has 0 unspecified atom stereocenters. The SMILES string of the molecule is O=C(Cn1cnc2ccccc21)N/N=C\c1ccccn1. The summed E-state index contributed by atoms with van der Waals surface area (Å²) < 4.78 is 1.78. The van der Waals surface area contributed by atoms with Gasteiger partial charge in [0.1, 0.15) is 6.54 Å². The number of amides is 1. The van der Waals surface area contributed by atoms with Crippen molar-refractivity contribution in [3.05, 3.63) is 60.7 Å². The number of hydrogen-bond acceptors (Lipinski definition) is 4. The zero-order chi connectivity index (χ0) is 14.5. The Hall–Kier alpha value is -3.02. The van der Waals surface area contributed by atoms with Crippen LogP contribution in [-0.2, 0) is 11.3 Å². The number of benzene rings is 1. The van der Waals surface area contributed by atoms with Gasteiger partial charge in [0.25, 0.3) is 5.91 Å². The van der Waals surface area contributed by atoms with E-state index < -0.39 is 0 Å². The first kappa shape index (κ1) is 13.0. The zero-order valence-corrected chi connectivity index (χ0v) is 11.2. The van der Waals surface area contributed by atoms with E-state index in [-0.39, 0.29) is 12.5 Å². The topological polar surface area (TPSA) is 72.2 Å². The molecule has 1 amide bonds. The van der Waals surface area contributed by atoms with Crippen molar-refractivity contribution < 1.29 is 4.79 Å². The number of rotatable bonds is 4. The summed E-state index contributed by atoms with van der Waals surface area (Å²) in [6.07, 6.45) is 4.82. The molecule has 21 heavy (non-hydrogen) atoms. The number of aromatic nitrogens is 3. The third-order valence-electron chi connectivity index (χ3n) is 2.92. The van der Waals surface area contributed by atoms with Gasteiger partial charge < -0.3 is 4.57 Å². The molecule has 0 atom stereocenters. The Bertz CT molecular complexity index is 779. The molecule has 0 radical (unpaired) electrons. The van der Waals surface area contributed by atoms with E-state index in [2.05, 4.69) is 20.5 Å². The summed E-state index contributed by atoms with van der Waals surface area (Å²) in [6.45, 7) is 0.167. The van der Waals surface area contributed by atoms with Gasteiger partial charge in [-0.2, -0.15) is 5.10 Å². The molecule has 6 heteroatoms. The molecule has 3 aromatic rings. The van der Waals surface area contributed by atoms with Gasteiger partial charge in [0, 0.05) is 6.20 Å². The Labute approximate surface area is 121 Å². The lowest BCUT2D eigenvalue weighted by molar-refractivity contribution is -0.121. The molecule has 2 aromatic heterocycles. The molecule has 0 saturated carbocycles. The van der Waals surface area contributed by atoms with Crippen molar-refractivity contribution in [3.8, 4) is 0 Å². The van der Waals surface area contributed by atoms with Crippen LogP contribution in [0.25, 0.3) is 11.0 Å². The molecule has 2 heterocycles. The fourth-order valence-corrected chi connectivity index (χ4v) is 1.95. The number of hydrogen-bond donors (Lipinski definition) is 1. The lowest BCUT2D eigenvalue weighted by atomic mass is 10.3. The minimum Gasteiger partial charge on any atom is -0.321 e. The van der Waals surface area contributed by atoms with Crippen molar-refractivity contribution in [3.63, 3.8) is 0 Å². The fourth-order valence-electron chi connectivity index (χ4n) is 1.95. The van der Waals surface area contributed by atoms with Crippen LogP contribution in [0.5, 0.6) is 0 Å². The molecule has 0 aliphatic rings. The summed E-state index contributed by atoms with van der Waals surface area (Å²) in [5.74, 6) is -0.217. The Kier molecular flexibility index (Phi) is 3.68. The van der Waals surface area contributed by atoms with Gasteiger partial charge in [-0.15, -0.1) is 0 Å². The molecular formula is C15H13N5O. The smallest absolute Gasteiger partial charge is 0.260 e. The summed E-state index contributed by atoms with van der Waals surface area (Å²) in [4.78, 5) is 20.2. The van der Waals surface area contributed by atoms with Gasteiger partial charge in [0.05, 0.1) is 29.3 Å². The quantitative estimate of drug-likeness (QED) is 0.582. The first-order valence-electron chi connectivity index (χ1n) is 6.46. The van der Waals surface area contributed by atoms with Gasteiger partial charge in [-0.05, 0) is 24.3 Å². The van der Waals surface area contributed by atoms with Crippen LogP contribution in [0, 0.1) is 0 Å². The lowest BCUT2D eigenvalue weighted by Crippen LogP contribution is -2.22. The van der Waals surface area contributed by atoms with Gasteiger partial charge in [-0.1, -0.05) is 18.2 Å². The zero-order valence-electron chi connectivity index (χ0n) is 11.2. The van der Waals surface area contributed by atoms with E-state index >= 15 is 0 Å². The minimum absolute atomic E-state index is 0.167. The number of pyridine rings is 1. The molecule has 0 bridgehead atoms. The van der Waals surface area contributed by atoms with Crippen LogP contribution in [0.3, 0.4) is 0 Å². The second kappa shape index (κ2) is 5.96. The first-order chi connectivity index (χ1) is 10.3. The minimum atomic E-state index is -0.217. The van der Waals surface area contributed by atoms with Crippen LogP contribution in [0.1, 0.15) is 5.69 Å². The van der Waals surface area contributed by atoms with Crippen molar-refractivity contribution in [1.29, 1.82) is 0 Å². The van der Waals surface area contributed by atoms with E-state index in [0.29, 0.717) is 5.69 Å². The lowest BCUT2D eigenvalue weighted by Gasteiger charge is -2.02. The van der Waals surface area contributed by atoms with Gasteiger partial charge in [-0.3, -0.25) is 9.78 Å². The number of carbonyl (C=O) groups excluding carboxylic acids is 1. The average molecular weight is 279 g/mol. The maximum atomic E-state index is 11.9. The van der Waals surface area contributed by atoms with Crippen LogP contribution < -0.4 is 5.43 Å². The molecule has 3 rings (SSSR count). The van der Waals surface area contributed by atoms with Crippen molar-refractivity contribution in [2.45, 2.75) is 6.54 Å². The van der Waals surface area contributed by atoms with E-state index in [4.69, 9.17) is 0 Å². The maximum Gasteiger partial charge on any atom is 0.260 e. The number of carbonyl (C=O) groups is 1. The van der Waals surface area contributed by atoms with E-state index in [9.17, 15) is 4.79 Å². The molecule has 1 N–H and O–H groups in total. The molecule has 104 valence electrons. The Balaban J connectivity index is 1.63. The van der Waals surface area contributed by atoms with Crippen LogP contribution in [-0.4, -0.2) is 26.7 Å². The highest BCUT2D eigenvalue weighted by molar-refractivity contribution is 5.82. The second-order valence-electron chi connectivity index (χ2n) is 4.41. The van der Waals surface area contributed by atoms with Gasteiger partial charge >= 0.3 is 0 Å². The van der Waals surface area contributed by atoms with Gasteiger partial charge in [0.15, 0.2) is 0 Å².